The van der Waals surface area contributed by atoms with Gasteiger partial charge in [0.25, 0.3) is 5.89 Å². The second kappa shape index (κ2) is 4.86. The zero-order valence-corrected chi connectivity index (χ0v) is 11.5. The third kappa shape index (κ3) is 2.05. The number of aromatic nitrogens is 4. The lowest BCUT2D eigenvalue weighted by molar-refractivity contribution is -0.0658. The van der Waals surface area contributed by atoms with Gasteiger partial charge >= 0.3 is 0 Å². The smallest absolute Gasteiger partial charge is 0.284 e. The van der Waals surface area contributed by atoms with Crippen LogP contribution in [-0.4, -0.2) is 27.6 Å². The Morgan fingerprint density at radius 2 is 2.20 bits per heavy atom. The van der Waals surface area contributed by atoms with Crippen molar-refractivity contribution in [3.05, 3.63) is 5.82 Å². The molecule has 0 aromatic carbocycles. The Morgan fingerprint density at radius 1 is 1.35 bits per heavy atom. The van der Waals surface area contributed by atoms with Crippen LogP contribution in [0.15, 0.2) is 9.15 Å². The fourth-order valence-electron chi connectivity index (χ4n) is 2.83. The summed E-state index contributed by atoms with van der Waals surface area (Å²) < 4.78 is 15.5. The number of ether oxygens (including phenoxy) is 1. The minimum absolute atomic E-state index is 0.128. The lowest BCUT2D eigenvalue weighted by atomic mass is 9.78. The summed E-state index contributed by atoms with van der Waals surface area (Å²) in [6.07, 6.45) is 4.01. The molecular weight excluding hydrogens is 262 g/mol. The Bertz CT molecular complexity index is 595. The second-order valence-electron chi connectivity index (χ2n) is 5.32. The van der Waals surface area contributed by atoms with Gasteiger partial charge in [0.2, 0.25) is 17.3 Å². The Kier molecular flexibility index (Phi) is 3.17. The topological polar surface area (TPSA) is 113 Å². The number of hydrogen-bond acceptors (Lipinski definition) is 8. The summed E-state index contributed by atoms with van der Waals surface area (Å²) in [5.74, 6) is 1.42. The highest BCUT2D eigenvalue weighted by Crippen LogP contribution is 2.41. The summed E-state index contributed by atoms with van der Waals surface area (Å²) in [5, 5.41) is 11.2. The van der Waals surface area contributed by atoms with Crippen LogP contribution < -0.4 is 5.73 Å². The van der Waals surface area contributed by atoms with Crippen LogP contribution >= 0.6 is 0 Å². The first kappa shape index (κ1) is 13.0. The molecule has 0 aliphatic heterocycles. The van der Waals surface area contributed by atoms with Crippen molar-refractivity contribution in [3.63, 3.8) is 0 Å². The van der Waals surface area contributed by atoms with E-state index in [1.807, 2.05) is 0 Å². The van der Waals surface area contributed by atoms with Crippen LogP contribution in [0.1, 0.15) is 38.4 Å². The lowest BCUT2D eigenvalue weighted by Gasteiger charge is -2.36. The number of rotatable bonds is 3. The largest absolute Gasteiger partial charge is 0.379 e. The predicted octanol–water partition coefficient (Wildman–Crippen LogP) is 1.75. The van der Waals surface area contributed by atoms with Crippen molar-refractivity contribution in [1.29, 1.82) is 0 Å². The van der Waals surface area contributed by atoms with Crippen LogP contribution in [0.25, 0.3) is 11.6 Å². The van der Waals surface area contributed by atoms with E-state index < -0.39 is 5.60 Å². The first-order valence-electron chi connectivity index (χ1n) is 6.62. The van der Waals surface area contributed by atoms with Gasteiger partial charge in [-0.1, -0.05) is 18.5 Å². The molecule has 8 nitrogen and oxygen atoms in total. The Balaban J connectivity index is 1.94. The van der Waals surface area contributed by atoms with Gasteiger partial charge in [0, 0.05) is 7.11 Å². The maximum atomic E-state index is 5.72. The fourth-order valence-corrected chi connectivity index (χ4v) is 2.83. The summed E-state index contributed by atoms with van der Waals surface area (Å²) in [5.41, 5.74) is 5.39. The van der Waals surface area contributed by atoms with E-state index in [2.05, 4.69) is 32.0 Å². The molecule has 1 aliphatic rings. The summed E-state index contributed by atoms with van der Waals surface area (Å²) in [6.45, 7) is 2.20. The monoisotopic (exact) mass is 279 g/mol. The van der Waals surface area contributed by atoms with Crippen molar-refractivity contribution in [2.75, 3.05) is 12.8 Å². The third-order valence-corrected chi connectivity index (χ3v) is 3.90. The Hall–Kier alpha value is -1.96. The first-order valence-corrected chi connectivity index (χ1v) is 6.62. The predicted molar refractivity (Wildman–Crippen MR) is 68.3 cm³/mol. The molecule has 0 saturated heterocycles. The van der Waals surface area contributed by atoms with Gasteiger partial charge < -0.3 is 15.0 Å². The Morgan fingerprint density at radius 3 is 2.85 bits per heavy atom. The van der Waals surface area contributed by atoms with Crippen LogP contribution in [0.3, 0.4) is 0 Å². The van der Waals surface area contributed by atoms with Gasteiger partial charge in [0.05, 0.1) is 0 Å². The molecule has 8 heteroatoms. The van der Waals surface area contributed by atoms with E-state index in [9.17, 15) is 0 Å². The third-order valence-electron chi connectivity index (χ3n) is 3.90. The van der Waals surface area contributed by atoms with Gasteiger partial charge in [-0.15, -0.1) is 0 Å². The number of methoxy groups -OCH3 is 1. The van der Waals surface area contributed by atoms with Gasteiger partial charge in [-0.05, 0) is 35.5 Å². The highest BCUT2D eigenvalue weighted by atomic mass is 16.6. The molecule has 2 aromatic rings. The van der Waals surface area contributed by atoms with Crippen LogP contribution in [0.5, 0.6) is 0 Å². The Labute approximate surface area is 115 Å². The maximum Gasteiger partial charge on any atom is 0.284 e. The van der Waals surface area contributed by atoms with Gasteiger partial charge in [-0.25, -0.2) is 4.63 Å². The molecule has 2 heterocycles. The maximum absolute atomic E-state index is 5.72. The van der Waals surface area contributed by atoms with E-state index >= 15 is 0 Å². The average molecular weight is 279 g/mol. The minimum atomic E-state index is -0.495. The molecule has 3 rings (SSSR count). The van der Waals surface area contributed by atoms with Crippen molar-refractivity contribution in [2.45, 2.75) is 38.2 Å². The summed E-state index contributed by atoms with van der Waals surface area (Å²) >= 11 is 0. The zero-order valence-electron chi connectivity index (χ0n) is 11.5. The van der Waals surface area contributed by atoms with E-state index in [0.29, 0.717) is 11.7 Å². The van der Waals surface area contributed by atoms with E-state index in [4.69, 9.17) is 15.0 Å². The number of nitrogens with zero attached hydrogens (tertiary/aromatic N) is 4. The summed E-state index contributed by atoms with van der Waals surface area (Å²) in [4.78, 5) is 4.37. The van der Waals surface area contributed by atoms with Crippen molar-refractivity contribution < 1.29 is 13.9 Å². The number of hydrogen-bond donors (Lipinski definition) is 1. The molecule has 0 bridgehead atoms. The number of anilines is 1. The van der Waals surface area contributed by atoms with Crippen molar-refractivity contribution in [1.82, 2.24) is 20.5 Å². The van der Waals surface area contributed by atoms with Crippen LogP contribution in [0.4, 0.5) is 5.82 Å². The zero-order chi connectivity index (χ0) is 14.2. The van der Waals surface area contributed by atoms with E-state index in [-0.39, 0.29) is 17.4 Å². The first-order chi connectivity index (χ1) is 9.64. The molecule has 1 fully saturated rings. The summed E-state index contributed by atoms with van der Waals surface area (Å²) in [6, 6.07) is 0. The van der Waals surface area contributed by atoms with Crippen LogP contribution in [0, 0.1) is 5.92 Å². The SMILES string of the molecule is COC1(c2noc(-c3nonc3N)n2)CCCC(C)C1. The highest BCUT2D eigenvalue weighted by Gasteiger charge is 2.41. The molecule has 20 heavy (non-hydrogen) atoms. The second-order valence-corrected chi connectivity index (χ2v) is 5.32. The number of nitrogens with two attached hydrogens (primary N) is 1. The van der Waals surface area contributed by atoms with Crippen molar-refractivity contribution in [3.8, 4) is 11.6 Å². The lowest BCUT2D eigenvalue weighted by Crippen LogP contribution is -2.35. The molecule has 2 atom stereocenters. The molecule has 2 aromatic heterocycles. The van der Waals surface area contributed by atoms with Crippen molar-refractivity contribution in [2.24, 2.45) is 5.92 Å². The molecular formula is C12H17N5O3. The fraction of sp³-hybridized carbons (Fsp3) is 0.667. The standard InChI is InChI=1S/C12H17N5O3/c1-7-4-3-5-12(6-7,18-2)11-14-10(19-17-11)8-9(13)16-20-15-8/h7H,3-6H2,1-2H3,(H2,13,16). The quantitative estimate of drug-likeness (QED) is 0.903. The summed E-state index contributed by atoms with van der Waals surface area (Å²) in [7, 11) is 1.68. The molecule has 2 unspecified atom stereocenters. The molecule has 2 N–H and O–H groups in total. The number of nitrogen functional groups attached to an aromatic ring is 1. The minimum Gasteiger partial charge on any atom is -0.379 e. The van der Waals surface area contributed by atoms with E-state index in [0.717, 1.165) is 19.3 Å². The van der Waals surface area contributed by atoms with Crippen LogP contribution in [-0.2, 0) is 10.3 Å². The molecule has 0 spiro atoms. The van der Waals surface area contributed by atoms with Crippen LogP contribution in [0.2, 0.25) is 0 Å². The molecule has 1 aliphatic carbocycles. The van der Waals surface area contributed by atoms with Gasteiger partial charge in [-0.2, -0.15) is 4.98 Å². The van der Waals surface area contributed by atoms with Gasteiger partial charge in [-0.3, -0.25) is 0 Å². The molecule has 0 radical (unpaired) electrons. The van der Waals surface area contributed by atoms with Crippen molar-refractivity contribution >= 4 is 5.82 Å². The normalized spacial score (nSPS) is 26.8. The van der Waals surface area contributed by atoms with E-state index in [1.54, 1.807) is 7.11 Å². The van der Waals surface area contributed by atoms with Gasteiger partial charge in [0.1, 0.15) is 5.60 Å². The molecule has 108 valence electrons. The molecule has 1 saturated carbocycles. The molecule has 0 amide bonds. The highest BCUT2D eigenvalue weighted by molar-refractivity contribution is 5.60. The average Bonchev–Trinajstić information content (AvgIpc) is 3.07. The van der Waals surface area contributed by atoms with E-state index in [1.165, 1.54) is 6.42 Å². The van der Waals surface area contributed by atoms with Gasteiger partial charge in [0.15, 0.2) is 0 Å².